The van der Waals surface area contributed by atoms with E-state index in [1.807, 2.05) is 35.1 Å². The summed E-state index contributed by atoms with van der Waals surface area (Å²) in [5, 5.41) is 12.7. The van der Waals surface area contributed by atoms with E-state index in [2.05, 4.69) is 30.5 Å². The van der Waals surface area contributed by atoms with Crippen molar-refractivity contribution in [3.05, 3.63) is 55.4 Å². The van der Waals surface area contributed by atoms with Gasteiger partial charge in [-0.25, -0.2) is 15.0 Å². The number of nitrogens with zero attached hydrogens (tertiary/aromatic N) is 7. The van der Waals surface area contributed by atoms with Crippen LogP contribution in [-0.2, 0) is 6.54 Å². The van der Waals surface area contributed by atoms with Crippen molar-refractivity contribution in [3.63, 3.8) is 0 Å². The normalized spacial score (nSPS) is 11.0. The van der Waals surface area contributed by atoms with Crippen LogP contribution < -0.4 is 5.32 Å². The summed E-state index contributed by atoms with van der Waals surface area (Å²) in [6, 6.07) is 7.58. The fraction of sp³-hybridized carbons (Fsp3) is 0.133. The number of rotatable bonds is 5. The first-order valence-electron chi connectivity index (χ1n) is 7.23. The quantitative estimate of drug-likeness (QED) is 0.601. The smallest absolute Gasteiger partial charge is 0.170 e. The predicted molar refractivity (Wildman–Crippen MR) is 85.2 cm³/mol. The molecular weight excluding hydrogens is 292 g/mol. The van der Waals surface area contributed by atoms with E-state index in [1.54, 1.807) is 23.3 Å². The van der Waals surface area contributed by atoms with Crippen molar-refractivity contribution in [1.82, 2.24) is 34.5 Å². The molecule has 0 unspecified atom stereocenters. The molecule has 8 nitrogen and oxygen atoms in total. The second-order valence-corrected chi connectivity index (χ2v) is 4.90. The summed E-state index contributed by atoms with van der Waals surface area (Å²) in [5.74, 6) is 1.48. The van der Waals surface area contributed by atoms with Crippen molar-refractivity contribution >= 4 is 16.9 Å². The molecule has 1 N–H and O–H groups in total. The summed E-state index contributed by atoms with van der Waals surface area (Å²) in [4.78, 5) is 12.9. The van der Waals surface area contributed by atoms with Crippen LogP contribution in [0.2, 0.25) is 0 Å². The van der Waals surface area contributed by atoms with Gasteiger partial charge in [-0.05, 0) is 18.2 Å². The number of nitrogens with one attached hydrogen (secondary N) is 1. The summed E-state index contributed by atoms with van der Waals surface area (Å²) in [6.07, 6.45) is 8.70. The Labute approximate surface area is 131 Å². The van der Waals surface area contributed by atoms with Crippen LogP contribution in [0.15, 0.2) is 55.4 Å². The average molecular weight is 306 g/mol. The monoisotopic (exact) mass is 306 g/mol. The summed E-state index contributed by atoms with van der Waals surface area (Å²) >= 11 is 0. The number of hydrogen-bond donors (Lipinski definition) is 1. The third kappa shape index (κ3) is 2.61. The van der Waals surface area contributed by atoms with E-state index in [0.29, 0.717) is 6.54 Å². The summed E-state index contributed by atoms with van der Waals surface area (Å²) in [5.41, 5.74) is 0.722. The first-order valence-corrected chi connectivity index (χ1v) is 7.23. The summed E-state index contributed by atoms with van der Waals surface area (Å²) in [6.45, 7) is 1.47. The van der Waals surface area contributed by atoms with Crippen LogP contribution in [0, 0.1) is 0 Å². The van der Waals surface area contributed by atoms with Gasteiger partial charge in [0, 0.05) is 25.1 Å². The Morgan fingerprint density at radius 2 is 2.00 bits per heavy atom. The van der Waals surface area contributed by atoms with Crippen LogP contribution in [0.3, 0.4) is 0 Å². The van der Waals surface area contributed by atoms with Crippen LogP contribution in [0.1, 0.15) is 0 Å². The Balaban J connectivity index is 1.60. The van der Waals surface area contributed by atoms with Gasteiger partial charge < -0.3 is 5.32 Å². The zero-order chi connectivity index (χ0) is 15.5. The van der Waals surface area contributed by atoms with E-state index >= 15 is 0 Å². The van der Waals surface area contributed by atoms with E-state index in [4.69, 9.17) is 0 Å². The van der Waals surface area contributed by atoms with E-state index in [1.165, 1.54) is 6.33 Å². The molecule has 0 atom stereocenters. The third-order valence-corrected chi connectivity index (χ3v) is 3.42. The maximum Gasteiger partial charge on any atom is 0.170 e. The molecule has 0 radical (unpaired) electrons. The van der Waals surface area contributed by atoms with Crippen molar-refractivity contribution < 1.29 is 0 Å². The van der Waals surface area contributed by atoms with Gasteiger partial charge in [-0.1, -0.05) is 6.07 Å². The lowest BCUT2D eigenvalue weighted by Gasteiger charge is -2.06. The van der Waals surface area contributed by atoms with Crippen LogP contribution in [0.25, 0.3) is 16.9 Å². The molecule has 23 heavy (non-hydrogen) atoms. The highest BCUT2D eigenvalue weighted by Gasteiger charge is 2.11. The van der Waals surface area contributed by atoms with Gasteiger partial charge >= 0.3 is 0 Å². The second-order valence-electron chi connectivity index (χ2n) is 4.90. The van der Waals surface area contributed by atoms with Crippen molar-refractivity contribution in [2.24, 2.45) is 0 Å². The maximum atomic E-state index is 4.38. The van der Waals surface area contributed by atoms with E-state index in [9.17, 15) is 0 Å². The lowest BCUT2D eigenvalue weighted by Crippen LogP contribution is -2.12. The minimum atomic E-state index is 0.711. The Kier molecular flexibility index (Phi) is 3.39. The first-order chi connectivity index (χ1) is 11.4. The fourth-order valence-corrected chi connectivity index (χ4v) is 2.35. The number of fused-ring (bicyclic) bond motifs is 1. The molecule has 4 heterocycles. The molecule has 0 aliphatic rings. The lowest BCUT2D eigenvalue weighted by atomic mass is 10.4. The van der Waals surface area contributed by atoms with Gasteiger partial charge in [0.15, 0.2) is 11.5 Å². The molecule has 0 bridgehead atoms. The van der Waals surface area contributed by atoms with Gasteiger partial charge in [0.05, 0.1) is 18.1 Å². The molecule has 8 heteroatoms. The molecular formula is C15H14N8. The van der Waals surface area contributed by atoms with Crippen molar-refractivity contribution in [2.45, 2.75) is 6.54 Å². The number of pyridine rings is 1. The highest BCUT2D eigenvalue weighted by atomic mass is 15.3. The van der Waals surface area contributed by atoms with Gasteiger partial charge in [0.25, 0.3) is 0 Å². The van der Waals surface area contributed by atoms with Gasteiger partial charge in [-0.2, -0.15) is 14.9 Å². The van der Waals surface area contributed by atoms with Gasteiger partial charge in [-0.3, -0.25) is 4.68 Å². The van der Waals surface area contributed by atoms with E-state index in [0.717, 1.165) is 29.2 Å². The Morgan fingerprint density at radius 3 is 2.83 bits per heavy atom. The van der Waals surface area contributed by atoms with Crippen molar-refractivity contribution in [3.8, 4) is 5.82 Å². The highest BCUT2D eigenvalue weighted by molar-refractivity contribution is 5.86. The summed E-state index contributed by atoms with van der Waals surface area (Å²) in [7, 11) is 0. The maximum absolute atomic E-state index is 4.38. The predicted octanol–water partition coefficient (Wildman–Crippen LogP) is 1.52. The number of aromatic nitrogens is 7. The van der Waals surface area contributed by atoms with Gasteiger partial charge in [0.2, 0.25) is 0 Å². The molecule has 0 amide bonds. The van der Waals surface area contributed by atoms with Gasteiger partial charge in [0.1, 0.15) is 12.1 Å². The van der Waals surface area contributed by atoms with E-state index in [-0.39, 0.29) is 0 Å². The highest BCUT2D eigenvalue weighted by Crippen LogP contribution is 2.20. The number of hydrogen-bond acceptors (Lipinski definition) is 6. The molecule has 0 aromatic carbocycles. The van der Waals surface area contributed by atoms with E-state index < -0.39 is 0 Å². The molecule has 0 saturated heterocycles. The Hall–Kier alpha value is -3.29. The SMILES string of the molecule is c1ccc(-n2ncc3c(NCCn4cccn4)ncnc32)nc1. The minimum absolute atomic E-state index is 0.711. The first kappa shape index (κ1) is 13.4. The fourth-order valence-electron chi connectivity index (χ4n) is 2.35. The third-order valence-electron chi connectivity index (χ3n) is 3.42. The Morgan fingerprint density at radius 1 is 1.00 bits per heavy atom. The Bertz CT molecular complexity index is 898. The minimum Gasteiger partial charge on any atom is -0.367 e. The molecule has 4 aromatic rings. The van der Waals surface area contributed by atoms with Crippen molar-refractivity contribution in [2.75, 3.05) is 11.9 Å². The lowest BCUT2D eigenvalue weighted by molar-refractivity contribution is 0.637. The molecule has 0 saturated carbocycles. The standard InChI is InChI=1S/C15H14N8/c1-2-5-16-13(4-1)23-15-12(10-21-23)14(18-11-19-15)17-7-9-22-8-3-6-20-22/h1-6,8,10-11H,7,9H2,(H,17,18,19). The zero-order valence-electron chi connectivity index (χ0n) is 12.2. The number of anilines is 1. The second kappa shape index (κ2) is 5.84. The largest absolute Gasteiger partial charge is 0.367 e. The van der Waals surface area contributed by atoms with Crippen LogP contribution >= 0.6 is 0 Å². The van der Waals surface area contributed by atoms with Crippen LogP contribution in [-0.4, -0.2) is 41.1 Å². The molecule has 114 valence electrons. The molecule has 4 aromatic heterocycles. The van der Waals surface area contributed by atoms with Crippen LogP contribution in [0.4, 0.5) is 5.82 Å². The molecule has 0 spiro atoms. The van der Waals surface area contributed by atoms with Crippen molar-refractivity contribution in [1.29, 1.82) is 0 Å². The van der Waals surface area contributed by atoms with Gasteiger partial charge in [-0.15, -0.1) is 0 Å². The zero-order valence-corrected chi connectivity index (χ0v) is 12.2. The molecule has 0 fully saturated rings. The molecule has 0 aliphatic carbocycles. The molecule has 0 aliphatic heterocycles. The van der Waals surface area contributed by atoms with Crippen LogP contribution in [0.5, 0.6) is 0 Å². The average Bonchev–Trinajstić information content (AvgIpc) is 3.25. The molecule has 4 rings (SSSR count). The summed E-state index contributed by atoms with van der Waals surface area (Å²) < 4.78 is 3.57. The topological polar surface area (TPSA) is 86.3 Å².